The summed E-state index contributed by atoms with van der Waals surface area (Å²) in [6, 6.07) is 5.97. The maximum Gasteiger partial charge on any atom is 0.122 e. The van der Waals surface area contributed by atoms with Crippen molar-refractivity contribution in [2.24, 2.45) is 0 Å². The predicted octanol–water partition coefficient (Wildman–Crippen LogP) is 1.94. The molecule has 1 saturated heterocycles. The van der Waals surface area contributed by atoms with Gasteiger partial charge in [-0.2, -0.15) is 0 Å². The standard InChI is InChI=1S/C13H20NO2P/c1-11-4-5-12(10-13(11)16-3)17(15)8-6-14(2)7-9-17/h4-5,10H,6-9H2,1-3H3. The molecule has 0 N–H and O–H groups in total. The molecule has 0 atom stereocenters. The highest BCUT2D eigenvalue weighted by Crippen LogP contribution is 2.46. The SMILES string of the molecule is COc1cc(P2(=O)CCN(C)CC2)ccc1C. The van der Waals surface area contributed by atoms with Crippen LogP contribution in [-0.4, -0.2) is 44.5 Å². The summed E-state index contributed by atoms with van der Waals surface area (Å²) < 4.78 is 18.2. The molecule has 1 aliphatic rings. The van der Waals surface area contributed by atoms with Crippen molar-refractivity contribution in [3.63, 3.8) is 0 Å². The minimum absolute atomic E-state index is 0.787. The first-order valence-electron chi connectivity index (χ1n) is 5.97. The number of rotatable bonds is 2. The lowest BCUT2D eigenvalue weighted by atomic mass is 10.2. The van der Waals surface area contributed by atoms with E-state index >= 15 is 0 Å². The van der Waals surface area contributed by atoms with Gasteiger partial charge >= 0.3 is 0 Å². The van der Waals surface area contributed by atoms with Gasteiger partial charge in [-0.25, -0.2) is 0 Å². The molecule has 1 aromatic carbocycles. The molecular weight excluding hydrogens is 233 g/mol. The van der Waals surface area contributed by atoms with Crippen LogP contribution in [0.2, 0.25) is 0 Å². The van der Waals surface area contributed by atoms with Gasteiger partial charge in [0.05, 0.1) is 7.11 Å². The van der Waals surface area contributed by atoms with Crippen molar-refractivity contribution in [1.29, 1.82) is 0 Å². The Hall–Kier alpha value is -0.790. The maximum absolute atomic E-state index is 12.9. The minimum Gasteiger partial charge on any atom is -0.496 e. The molecule has 0 aromatic heterocycles. The number of aryl methyl sites for hydroxylation is 1. The topological polar surface area (TPSA) is 29.5 Å². The van der Waals surface area contributed by atoms with Crippen molar-refractivity contribution in [1.82, 2.24) is 4.90 Å². The number of ether oxygens (including phenoxy) is 1. The quantitative estimate of drug-likeness (QED) is 0.754. The average Bonchev–Trinajstić information content (AvgIpc) is 2.34. The van der Waals surface area contributed by atoms with Gasteiger partial charge in [-0.1, -0.05) is 12.1 Å². The third-order valence-corrected chi connectivity index (χ3v) is 6.61. The highest BCUT2D eigenvalue weighted by atomic mass is 31.2. The number of hydrogen-bond donors (Lipinski definition) is 0. The lowest BCUT2D eigenvalue weighted by molar-refractivity contribution is 0.361. The van der Waals surface area contributed by atoms with E-state index in [9.17, 15) is 4.57 Å². The number of benzene rings is 1. The Balaban J connectivity index is 2.30. The second kappa shape index (κ2) is 4.83. The highest BCUT2D eigenvalue weighted by Gasteiger charge is 2.29. The molecule has 17 heavy (non-hydrogen) atoms. The predicted molar refractivity (Wildman–Crippen MR) is 72.2 cm³/mol. The summed E-state index contributed by atoms with van der Waals surface area (Å²) in [6.45, 7) is 3.86. The molecule has 1 aromatic rings. The summed E-state index contributed by atoms with van der Waals surface area (Å²) in [6.07, 6.45) is 1.57. The summed E-state index contributed by atoms with van der Waals surface area (Å²) in [5.41, 5.74) is 1.09. The number of methoxy groups -OCH3 is 1. The molecule has 0 saturated carbocycles. The first-order valence-corrected chi connectivity index (χ1v) is 8.05. The first-order chi connectivity index (χ1) is 8.05. The second-order valence-electron chi connectivity index (χ2n) is 4.79. The van der Waals surface area contributed by atoms with E-state index in [0.29, 0.717) is 0 Å². The molecule has 0 aliphatic carbocycles. The van der Waals surface area contributed by atoms with Gasteiger partial charge in [0.15, 0.2) is 0 Å². The van der Waals surface area contributed by atoms with Gasteiger partial charge < -0.3 is 14.2 Å². The Morgan fingerprint density at radius 2 is 1.94 bits per heavy atom. The molecule has 2 rings (SSSR count). The van der Waals surface area contributed by atoms with E-state index in [-0.39, 0.29) is 0 Å². The molecule has 3 nitrogen and oxygen atoms in total. The summed E-state index contributed by atoms with van der Waals surface area (Å²) in [5, 5.41) is 0.980. The van der Waals surface area contributed by atoms with Crippen LogP contribution in [0.5, 0.6) is 5.75 Å². The molecule has 0 bridgehead atoms. The molecule has 0 spiro atoms. The Morgan fingerprint density at radius 3 is 2.53 bits per heavy atom. The fraction of sp³-hybridized carbons (Fsp3) is 0.538. The molecule has 4 heteroatoms. The van der Waals surface area contributed by atoms with Crippen molar-refractivity contribution in [2.75, 3.05) is 39.6 Å². The van der Waals surface area contributed by atoms with E-state index in [4.69, 9.17) is 4.74 Å². The van der Waals surface area contributed by atoms with Gasteiger partial charge in [-0.3, -0.25) is 0 Å². The summed E-state index contributed by atoms with van der Waals surface area (Å²) >= 11 is 0. The van der Waals surface area contributed by atoms with Gasteiger partial charge in [0, 0.05) is 30.7 Å². The fourth-order valence-electron chi connectivity index (χ4n) is 2.21. The van der Waals surface area contributed by atoms with Crippen LogP contribution in [0.15, 0.2) is 18.2 Å². The van der Waals surface area contributed by atoms with E-state index in [2.05, 4.69) is 11.9 Å². The normalized spacial score (nSPS) is 20.2. The van der Waals surface area contributed by atoms with Crippen LogP contribution >= 0.6 is 7.14 Å². The van der Waals surface area contributed by atoms with E-state index in [1.165, 1.54) is 0 Å². The van der Waals surface area contributed by atoms with Crippen LogP contribution in [0, 0.1) is 6.92 Å². The first kappa shape index (κ1) is 12.7. The number of nitrogens with zero attached hydrogens (tertiary/aromatic N) is 1. The van der Waals surface area contributed by atoms with E-state index in [1.54, 1.807) is 7.11 Å². The van der Waals surface area contributed by atoms with Crippen molar-refractivity contribution in [2.45, 2.75) is 6.92 Å². The van der Waals surface area contributed by atoms with E-state index in [1.807, 2.05) is 25.1 Å². The van der Waals surface area contributed by atoms with Crippen molar-refractivity contribution in [3.8, 4) is 5.75 Å². The van der Waals surface area contributed by atoms with Gasteiger partial charge in [-0.05, 0) is 25.6 Å². The Kier molecular flexibility index (Phi) is 3.60. The molecule has 1 aliphatic heterocycles. The monoisotopic (exact) mass is 253 g/mol. The van der Waals surface area contributed by atoms with E-state index < -0.39 is 7.14 Å². The summed E-state index contributed by atoms with van der Waals surface area (Å²) in [5.74, 6) is 0.844. The van der Waals surface area contributed by atoms with Crippen LogP contribution < -0.4 is 10.0 Å². The molecule has 0 radical (unpaired) electrons. The van der Waals surface area contributed by atoms with Crippen molar-refractivity contribution >= 4 is 12.4 Å². The van der Waals surface area contributed by atoms with Gasteiger partial charge in [0.1, 0.15) is 12.9 Å². The van der Waals surface area contributed by atoms with Crippen molar-refractivity contribution in [3.05, 3.63) is 23.8 Å². The molecule has 1 fully saturated rings. The van der Waals surface area contributed by atoms with Gasteiger partial charge in [0.25, 0.3) is 0 Å². The smallest absolute Gasteiger partial charge is 0.122 e. The largest absolute Gasteiger partial charge is 0.496 e. The zero-order valence-electron chi connectivity index (χ0n) is 10.8. The minimum atomic E-state index is -2.18. The van der Waals surface area contributed by atoms with Crippen LogP contribution in [0.1, 0.15) is 5.56 Å². The lowest BCUT2D eigenvalue weighted by Gasteiger charge is -2.29. The Bertz CT molecular complexity index is 447. The lowest BCUT2D eigenvalue weighted by Crippen LogP contribution is -2.34. The third-order valence-electron chi connectivity index (χ3n) is 3.55. The highest BCUT2D eigenvalue weighted by molar-refractivity contribution is 7.71. The van der Waals surface area contributed by atoms with E-state index in [0.717, 1.165) is 42.0 Å². The third kappa shape index (κ3) is 2.56. The van der Waals surface area contributed by atoms with Crippen LogP contribution in [0.3, 0.4) is 0 Å². The molecular formula is C13H20NO2P. The van der Waals surface area contributed by atoms with Gasteiger partial charge in [0.2, 0.25) is 0 Å². The van der Waals surface area contributed by atoms with Crippen LogP contribution in [0.4, 0.5) is 0 Å². The molecule has 94 valence electrons. The van der Waals surface area contributed by atoms with Crippen LogP contribution in [-0.2, 0) is 4.57 Å². The van der Waals surface area contributed by atoms with Gasteiger partial charge in [-0.15, -0.1) is 0 Å². The zero-order valence-corrected chi connectivity index (χ0v) is 11.7. The Labute approximate surface area is 103 Å². The molecule has 0 amide bonds. The number of hydrogen-bond acceptors (Lipinski definition) is 3. The fourth-order valence-corrected chi connectivity index (χ4v) is 4.98. The maximum atomic E-state index is 12.9. The summed E-state index contributed by atoms with van der Waals surface area (Å²) in [7, 11) is 1.56. The summed E-state index contributed by atoms with van der Waals surface area (Å²) in [4.78, 5) is 2.24. The zero-order chi connectivity index (χ0) is 12.5. The van der Waals surface area contributed by atoms with Crippen LogP contribution in [0.25, 0.3) is 0 Å². The molecule has 0 unspecified atom stereocenters. The second-order valence-corrected chi connectivity index (χ2v) is 7.98. The molecule has 1 heterocycles. The average molecular weight is 253 g/mol. The van der Waals surface area contributed by atoms with Crippen molar-refractivity contribution < 1.29 is 9.30 Å². The Morgan fingerprint density at radius 1 is 1.29 bits per heavy atom.